The number of methoxy groups -OCH3 is 1. The number of ether oxygens (including phenoxy) is 1. The Labute approximate surface area is 96.5 Å². The molecule has 0 aliphatic rings. The van der Waals surface area contributed by atoms with Gasteiger partial charge in [-0.1, -0.05) is 13.8 Å². The fourth-order valence-corrected chi connectivity index (χ4v) is 2.26. The molecule has 3 nitrogen and oxygen atoms in total. The second-order valence-electron chi connectivity index (χ2n) is 4.75. The lowest BCUT2D eigenvalue weighted by Gasteiger charge is -2.28. The molecular weight excluding hydrogens is 208 g/mol. The second-order valence-corrected chi connectivity index (χ2v) is 5.14. The first-order chi connectivity index (χ1) is 6.90. The molecule has 0 amide bonds. The standard InChI is InChI=1S/C11H20N2OS/c1-8(2)9-6-12-10(15)13(9)11(3,4)7-14-5/h6,8H,7H2,1-5H3,(H,12,15). The van der Waals surface area contributed by atoms with Gasteiger partial charge in [-0.2, -0.15) is 0 Å². The quantitative estimate of drug-likeness (QED) is 0.803. The molecule has 1 N–H and O–H groups in total. The highest BCUT2D eigenvalue weighted by Gasteiger charge is 2.24. The van der Waals surface area contributed by atoms with E-state index in [9.17, 15) is 0 Å². The third kappa shape index (κ3) is 2.49. The van der Waals surface area contributed by atoms with Crippen molar-refractivity contribution in [3.63, 3.8) is 0 Å². The van der Waals surface area contributed by atoms with Gasteiger partial charge in [-0.05, 0) is 32.0 Å². The zero-order valence-corrected chi connectivity index (χ0v) is 10.9. The van der Waals surface area contributed by atoms with Gasteiger partial charge in [-0.3, -0.25) is 0 Å². The number of nitrogens with zero attached hydrogens (tertiary/aromatic N) is 1. The van der Waals surface area contributed by atoms with E-state index in [2.05, 4.69) is 37.2 Å². The van der Waals surface area contributed by atoms with Gasteiger partial charge >= 0.3 is 0 Å². The lowest BCUT2D eigenvalue weighted by molar-refractivity contribution is 0.106. The van der Waals surface area contributed by atoms with Crippen LogP contribution < -0.4 is 0 Å². The summed E-state index contributed by atoms with van der Waals surface area (Å²) in [5, 5.41) is 0. The SMILES string of the molecule is COCC(C)(C)n1c(C(C)C)c[nH]c1=S. The summed E-state index contributed by atoms with van der Waals surface area (Å²) in [5.41, 5.74) is 1.12. The van der Waals surface area contributed by atoms with Crippen LogP contribution >= 0.6 is 12.2 Å². The molecule has 1 heterocycles. The monoisotopic (exact) mass is 228 g/mol. The van der Waals surface area contributed by atoms with Crippen molar-refractivity contribution in [2.24, 2.45) is 0 Å². The van der Waals surface area contributed by atoms with Crippen LogP contribution in [0.5, 0.6) is 0 Å². The Kier molecular flexibility index (Phi) is 3.73. The van der Waals surface area contributed by atoms with Crippen molar-refractivity contribution in [3.05, 3.63) is 16.7 Å². The molecule has 0 fully saturated rings. The molecule has 0 spiro atoms. The first kappa shape index (κ1) is 12.5. The van der Waals surface area contributed by atoms with E-state index < -0.39 is 0 Å². The molecule has 0 aromatic carbocycles. The minimum Gasteiger partial charge on any atom is -0.382 e. The summed E-state index contributed by atoms with van der Waals surface area (Å²) in [4.78, 5) is 3.11. The number of H-pyrrole nitrogens is 1. The van der Waals surface area contributed by atoms with Gasteiger partial charge in [0, 0.05) is 19.0 Å². The highest BCUT2D eigenvalue weighted by Crippen LogP contribution is 2.24. The zero-order chi connectivity index (χ0) is 11.6. The Morgan fingerprint density at radius 3 is 2.60 bits per heavy atom. The summed E-state index contributed by atoms with van der Waals surface area (Å²) in [6.45, 7) is 9.24. The van der Waals surface area contributed by atoms with Crippen LogP contribution in [0.25, 0.3) is 0 Å². The molecule has 1 aromatic rings. The predicted octanol–water partition coefficient (Wildman–Crippen LogP) is 3.05. The van der Waals surface area contributed by atoms with Crippen LogP contribution in [0.15, 0.2) is 6.20 Å². The van der Waals surface area contributed by atoms with Crippen molar-refractivity contribution < 1.29 is 4.74 Å². The highest BCUT2D eigenvalue weighted by molar-refractivity contribution is 7.71. The summed E-state index contributed by atoms with van der Waals surface area (Å²) in [6.07, 6.45) is 1.99. The molecule has 1 aromatic heterocycles. The summed E-state index contributed by atoms with van der Waals surface area (Å²) in [6, 6.07) is 0. The molecule has 0 atom stereocenters. The summed E-state index contributed by atoms with van der Waals surface area (Å²) in [7, 11) is 1.72. The molecule has 0 saturated carbocycles. The molecule has 0 radical (unpaired) electrons. The van der Waals surface area contributed by atoms with Crippen LogP contribution in [-0.2, 0) is 10.3 Å². The zero-order valence-electron chi connectivity index (χ0n) is 10.1. The smallest absolute Gasteiger partial charge is 0.177 e. The maximum absolute atomic E-state index is 5.31. The van der Waals surface area contributed by atoms with E-state index in [0.717, 1.165) is 4.77 Å². The van der Waals surface area contributed by atoms with E-state index in [1.807, 2.05) is 6.20 Å². The Balaban J connectivity index is 3.22. The van der Waals surface area contributed by atoms with Crippen molar-refractivity contribution in [2.45, 2.75) is 39.2 Å². The average Bonchev–Trinajstić information content (AvgIpc) is 2.47. The van der Waals surface area contributed by atoms with E-state index >= 15 is 0 Å². The van der Waals surface area contributed by atoms with Crippen LogP contribution in [0, 0.1) is 4.77 Å². The third-order valence-corrected chi connectivity index (χ3v) is 2.80. The molecule has 0 bridgehead atoms. The largest absolute Gasteiger partial charge is 0.382 e. The van der Waals surface area contributed by atoms with Gasteiger partial charge in [0.25, 0.3) is 0 Å². The van der Waals surface area contributed by atoms with Gasteiger partial charge in [0.15, 0.2) is 4.77 Å². The maximum Gasteiger partial charge on any atom is 0.177 e. The first-order valence-corrected chi connectivity index (χ1v) is 5.60. The van der Waals surface area contributed by atoms with Crippen LogP contribution in [0.2, 0.25) is 0 Å². The van der Waals surface area contributed by atoms with Crippen molar-refractivity contribution in [3.8, 4) is 0 Å². The van der Waals surface area contributed by atoms with Crippen molar-refractivity contribution >= 4 is 12.2 Å². The molecule has 1 rings (SSSR count). The highest BCUT2D eigenvalue weighted by atomic mass is 32.1. The van der Waals surface area contributed by atoms with Crippen LogP contribution in [-0.4, -0.2) is 23.3 Å². The number of rotatable bonds is 4. The lowest BCUT2D eigenvalue weighted by Crippen LogP contribution is -2.33. The summed E-state index contributed by atoms with van der Waals surface area (Å²) < 4.78 is 8.15. The van der Waals surface area contributed by atoms with Crippen molar-refractivity contribution in [1.29, 1.82) is 0 Å². The molecule has 0 saturated heterocycles. The molecule has 4 heteroatoms. The van der Waals surface area contributed by atoms with Crippen LogP contribution in [0.1, 0.15) is 39.3 Å². The molecular formula is C11H20N2OS. The number of imidazole rings is 1. The van der Waals surface area contributed by atoms with E-state index in [1.54, 1.807) is 7.11 Å². The minimum atomic E-state index is -0.106. The number of hydrogen-bond donors (Lipinski definition) is 1. The molecule has 0 aliphatic carbocycles. The van der Waals surface area contributed by atoms with Crippen LogP contribution in [0.3, 0.4) is 0 Å². The Morgan fingerprint density at radius 1 is 1.53 bits per heavy atom. The van der Waals surface area contributed by atoms with E-state index in [1.165, 1.54) is 5.69 Å². The molecule has 15 heavy (non-hydrogen) atoms. The number of hydrogen-bond acceptors (Lipinski definition) is 2. The Bertz CT molecular complexity index is 376. The molecule has 0 aliphatic heterocycles. The van der Waals surface area contributed by atoms with Gasteiger partial charge in [0.1, 0.15) is 0 Å². The second kappa shape index (κ2) is 4.49. The van der Waals surface area contributed by atoms with Gasteiger partial charge in [0.2, 0.25) is 0 Å². The van der Waals surface area contributed by atoms with Gasteiger partial charge < -0.3 is 14.3 Å². The first-order valence-electron chi connectivity index (χ1n) is 5.20. The fraction of sp³-hybridized carbons (Fsp3) is 0.727. The summed E-state index contributed by atoms with van der Waals surface area (Å²) >= 11 is 5.31. The van der Waals surface area contributed by atoms with Crippen molar-refractivity contribution in [1.82, 2.24) is 9.55 Å². The summed E-state index contributed by atoms with van der Waals surface area (Å²) in [5.74, 6) is 0.453. The number of aromatic amines is 1. The minimum absolute atomic E-state index is 0.106. The third-order valence-electron chi connectivity index (χ3n) is 2.50. The molecule has 0 unspecified atom stereocenters. The lowest BCUT2D eigenvalue weighted by atomic mass is 10.0. The fourth-order valence-electron chi connectivity index (χ4n) is 1.85. The van der Waals surface area contributed by atoms with Gasteiger partial charge in [-0.25, -0.2) is 0 Å². The maximum atomic E-state index is 5.31. The normalized spacial score (nSPS) is 12.4. The van der Waals surface area contributed by atoms with E-state index in [4.69, 9.17) is 17.0 Å². The van der Waals surface area contributed by atoms with E-state index in [-0.39, 0.29) is 5.54 Å². The number of aromatic nitrogens is 2. The topological polar surface area (TPSA) is 29.9 Å². The average molecular weight is 228 g/mol. The van der Waals surface area contributed by atoms with Crippen LogP contribution in [0.4, 0.5) is 0 Å². The van der Waals surface area contributed by atoms with Gasteiger partial charge in [0.05, 0.1) is 12.1 Å². The molecule has 86 valence electrons. The van der Waals surface area contributed by atoms with Crippen molar-refractivity contribution in [2.75, 3.05) is 13.7 Å². The Morgan fingerprint density at radius 2 is 2.13 bits per heavy atom. The Hall–Kier alpha value is -0.610. The van der Waals surface area contributed by atoms with E-state index in [0.29, 0.717) is 12.5 Å². The predicted molar refractivity (Wildman–Crippen MR) is 64.9 cm³/mol. The number of nitrogens with one attached hydrogen (secondary N) is 1. The van der Waals surface area contributed by atoms with Gasteiger partial charge in [-0.15, -0.1) is 0 Å².